The van der Waals surface area contributed by atoms with Gasteiger partial charge in [0.05, 0.1) is 0 Å². The molecule has 0 saturated heterocycles. The normalized spacial score (nSPS) is 12.6. The van der Waals surface area contributed by atoms with Crippen LogP contribution in [0.5, 0.6) is 0 Å². The Morgan fingerprint density at radius 3 is 2.76 bits per heavy atom. The Labute approximate surface area is 109 Å². The lowest BCUT2D eigenvalue weighted by Gasteiger charge is -2.12. The highest BCUT2D eigenvalue weighted by Crippen LogP contribution is 2.09. The molecule has 0 amide bonds. The Balaban J connectivity index is 2.00. The average Bonchev–Trinajstić information content (AvgIpc) is 2.36. The van der Waals surface area contributed by atoms with Crippen LogP contribution in [0, 0.1) is 0 Å². The maximum atomic E-state index is 4.18. The lowest BCUT2D eigenvalue weighted by atomic mass is 10.1. The maximum Gasteiger partial charge on any atom is 0.187 e. The van der Waals surface area contributed by atoms with Gasteiger partial charge in [-0.15, -0.1) is 0 Å². The van der Waals surface area contributed by atoms with Crippen LogP contribution in [0.2, 0.25) is 0 Å². The summed E-state index contributed by atoms with van der Waals surface area (Å²) in [4.78, 5) is 8.36. The third-order valence-electron chi connectivity index (χ3n) is 2.61. The van der Waals surface area contributed by atoms with E-state index in [1.54, 1.807) is 24.2 Å². The minimum absolute atomic E-state index is 0.624. The Bertz CT molecular complexity index is 279. The van der Waals surface area contributed by atoms with E-state index in [4.69, 9.17) is 0 Å². The highest BCUT2D eigenvalue weighted by atomic mass is 32.2. The quantitative estimate of drug-likeness (QED) is 0.417. The highest BCUT2D eigenvalue weighted by molar-refractivity contribution is 7.99. The summed E-state index contributed by atoms with van der Waals surface area (Å²) in [7, 11) is 0. The van der Waals surface area contributed by atoms with E-state index in [1.807, 2.05) is 6.07 Å². The Morgan fingerprint density at radius 1 is 1.29 bits per heavy atom. The van der Waals surface area contributed by atoms with Crippen LogP contribution in [0.25, 0.3) is 0 Å². The second kappa shape index (κ2) is 9.42. The number of thioether (sulfide) groups is 1. The summed E-state index contributed by atoms with van der Waals surface area (Å²) in [6, 6.07) is 2.47. The SMILES string of the molecule is CCCCCC(C)NCCSc1ncccn1. The van der Waals surface area contributed by atoms with E-state index < -0.39 is 0 Å². The van der Waals surface area contributed by atoms with Crippen molar-refractivity contribution in [2.75, 3.05) is 12.3 Å². The van der Waals surface area contributed by atoms with E-state index in [-0.39, 0.29) is 0 Å². The summed E-state index contributed by atoms with van der Waals surface area (Å²) < 4.78 is 0. The summed E-state index contributed by atoms with van der Waals surface area (Å²) in [6.45, 7) is 5.53. The van der Waals surface area contributed by atoms with Crippen molar-refractivity contribution in [3.05, 3.63) is 18.5 Å². The third kappa shape index (κ3) is 7.34. The average molecular weight is 253 g/mol. The summed E-state index contributed by atoms with van der Waals surface area (Å²) in [5, 5.41) is 4.40. The van der Waals surface area contributed by atoms with Gasteiger partial charge in [-0.05, 0) is 19.4 Å². The van der Waals surface area contributed by atoms with Crippen molar-refractivity contribution in [3.63, 3.8) is 0 Å². The van der Waals surface area contributed by atoms with Crippen LogP contribution >= 0.6 is 11.8 Å². The molecular weight excluding hydrogens is 230 g/mol. The second-order valence-corrected chi connectivity index (χ2v) is 5.29. The Hall–Kier alpha value is -0.610. The van der Waals surface area contributed by atoms with E-state index >= 15 is 0 Å². The third-order valence-corrected chi connectivity index (χ3v) is 3.49. The van der Waals surface area contributed by atoms with Crippen molar-refractivity contribution in [2.24, 2.45) is 0 Å². The molecule has 0 bridgehead atoms. The summed E-state index contributed by atoms with van der Waals surface area (Å²) in [5.41, 5.74) is 0. The van der Waals surface area contributed by atoms with Gasteiger partial charge in [0.25, 0.3) is 0 Å². The van der Waals surface area contributed by atoms with E-state index in [2.05, 4.69) is 29.1 Å². The van der Waals surface area contributed by atoms with Crippen LogP contribution in [-0.4, -0.2) is 28.3 Å². The molecule has 0 fully saturated rings. The zero-order valence-electron chi connectivity index (χ0n) is 10.9. The maximum absolute atomic E-state index is 4.18. The van der Waals surface area contributed by atoms with Crippen LogP contribution in [0.4, 0.5) is 0 Å². The van der Waals surface area contributed by atoms with Crippen LogP contribution in [0.3, 0.4) is 0 Å². The minimum Gasteiger partial charge on any atom is -0.313 e. The standard InChI is InChI=1S/C13H23N3S/c1-3-4-5-7-12(2)14-10-11-17-13-15-8-6-9-16-13/h6,8-9,12,14H,3-5,7,10-11H2,1-2H3. The summed E-state index contributed by atoms with van der Waals surface area (Å²) >= 11 is 1.71. The van der Waals surface area contributed by atoms with Gasteiger partial charge in [-0.1, -0.05) is 37.9 Å². The van der Waals surface area contributed by atoms with Gasteiger partial charge in [0.2, 0.25) is 0 Å². The molecule has 1 heterocycles. The van der Waals surface area contributed by atoms with Crippen molar-refractivity contribution >= 4 is 11.8 Å². The van der Waals surface area contributed by atoms with E-state index in [1.165, 1.54) is 25.7 Å². The van der Waals surface area contributed by atoms with Crippen molar-refractivity contribution in [1.29, 1.82) is 0 Å². The number of hydrogen-bond acceptors (Lipinski definition) is 4. The lowest BCUT2D eigenvalue weighted by Crippen LogP contribution is -2.28. The fourth-order valence-corrected chi connectivity index (χ4v) is 2.28. The molecule has 0 radical (unpaired) electrons. The molecule has 0 saturated carbocycles. The number of nitrogens with one attached hydrogen (secondary N) is 1. The topological polar surface area (TPSA) is 37.8 Å². The Kier molecular flexibility index (Phi) is 8.01. The van der Waals surface area contributed by atoms with Gasteiger partial charge in [-0.3, -0.25) is 0 Å². The smallest absolute Gasteiger partial charge is 0.187 e. The molecule has 1 atom stereocenters. The van der Waals surface area contributed by atoms with Gasteiger partial charge >= 0.3 is 0 Å². The zero-order chi connectivity index (χ0) is 12.3. The molecule has 1 aromatic rings. The van der Waals surface area contributed by atoms with E-state index in [9.17, 15) is 0 Å². The predicted molar refractivity (Wildman–Crippen MR) is 74.4 cm³/mol. The molecule has 17 heavy (non-hydrogen) atoms. The van der Waals surface area contributed by atoms with Crippen molar-refractivity contribution in [1.82, 2.24) is 15.3 Å². The number of nitrogens with zero attached hydrogens (tertiary/aromatic N) is 2. The number of rotatable bonds is 9. The molecule has 4 heteroatoms. The highest BCUT2D eigenvalue weighted by Gasteiger charge is 2.01. The van der Waals surface area contributed by atoms with Crippen LogP contribution in [0.1, 0.15) is 39.5 Å². The van der Waals surface area contributed by atoms with Gasteiger partial charge < -0.3 is 5.32 Å². The van der Waals surface area contributed by atoms with Crippen molar-refractivity contribution < 1.29 is 0 Å². The molecule has 0 aromatic carbocycles. The van der Waals surface area contributed by atoms with Gasteiger partial charge in [-0.25, -0.2) is 9.97 Å². The number of hydrogen-bond donors (Lipinski definition) is 1. The van der Waals surface area contributed by atoms with Crippen LogP contribution in [-0.2, 0) is 0 Å². The molecule has 0 aliphatic rings. The van der Waals surface area contributed by atoms with Crippen LogP contribution in [0.15, 0.2) is 23.6 Å². The van der Waals surface area contributed by atoms with Gasteiger partial charge in [0.1, 0.15) is 0 Å². The second-order valence-electron chi connectivity index (χ2n) is 4.23. The van der Waals surface area contributed by atoms with Gasteiger partial charge in [0.15, 0.2) is 5.16 Å². The zero-order valence-corrected chi connectivity index (χ0v) is 11.7. The molecule has 0 aliphatic heterocycles. The van der Waals surface area contributed by atoms with Gasteiger partial charge in [-0.2, -0.15) is 0 Å². The molecular formula is C13H23N3S. The molecule has 0 aliphatic carbocycles. The van der Waals surface area contributed by atoms with Crippen molar-refractivity contribution in [2.45, 2.75) is 50.7 Å². The predicted octanol–water partition coefficient (Wildman–Crippen LogP) is 3.13. The lowest BCUT2D eigenvalue weighted by molar-refractivity contribution is 0.502. The monoisotopic (exact) mass is 253 g/mol. The molecule has 96 valence electrons. The number of aromatic nitrogens is 2. The minimum atomic E-state index is 0.624. The fourth-order valence-electron chi connectivity index (χ4n) is 1.61. The first-order valence-corrected chi connectivity index (χ1v) is 7.44. The molecule has 1 rings (SSSR count). The first-order chi connectivity index (χ1) is 8.33. The molecule has 0 spiro atoms. The first kappa shape index (κ1) is 14.5. The van der Waals surface area contributed by atoms with Crippen molar-refractivity contribution in [3.8, 4) is 0 Å². The molecule has 1 aromatic heterocycles. The molecule has 1 unspecified atom stereocenters. The van der Waals surface area contributed by atoms with E-state index in [0.29, 0.717) is 6.04 Å². The molecule has 3 nitrogen and oxygen atoms in total. The van der Waals surface area contributed by atoms with Crippen LogP contribution < -0.4 is 5.32 Å². The fraction of sp³-hybridized carbons (Fsp3) is 0.692. The first-order valence-electron chi connectivity index (χ1n) is 6.46. The largest absolute Gasteiger partial charge is 0.313 e. The molecule has 1 N–H and O–H groups in total. The summed E-state index contributed by atoms with van der Waals surface area (Å²) in [6.07, 6.45) is 8.83. The number of unbranched alkanes of at least 4 members (excludes halogenated alkanes) is 2. The van der Waals surface area contributed by atoms with Gasteiger partial charge in [0, 0.05) is 30.7 Å². The van der Waals surface area contributed by atoms with E-state index in [0.717, 1.165) is 17.5 Å². The summed E-state index contributed by atoms with van der Waals surface area (Å²) in [5.74, 6) is 1.03. The Morgan fingerprint density at radius 2 is 2.06 bits per heavy atom.